The smallest absolute Gasteiger partial charge is 0.417 e. The summed E-state index contributed by atoms with van der Waals surface area (Å²) in [6.45, 7) is 3.43. The molecular formula is C8H8NO2. The minimum atomic E-state index is 0.200. The molecule has 0 N–H and O–H groups in total. The second kappa shape index (κ2) is 3.71. The zero-order chi connectivity index (χ0) is 8.10. The van der Waals surface area contributed by atoms with Crippen molar-refractivity contribution in [2.75, 3.05) is 0 Å². The molecule has 57 valence electrons. The van der Waals surface area contributed by atoms with Crippen LogP contribution in [0.2, 0.25) is 0 Å². The third-order valence-corrected chi connectivity index (χ3v) is 1.22. The fourth-order valence-corrected chi connectivity index (χ4v) is 0.783. The highest BCUT2D eigenvalue weighted by Crippen LogP contribution is 1.98. The molecule has 3 heteroatoms. The Kier molecular flexibility index (Phi) is 2.60. The van der Waals surface area contributed by atoms with Gasteiger partial charge in [0.2, 0.25) is 0 Å². The van der Waals surface area contributed by atoms with Crippen molar-refractivity contribution in [3.63, 3.8) is 0 Å². The predicted octanol–water partition coefficient (Wildman–Crippen LogP) is 0.974. The van der Waals surface area contributed by atoms with E-state index in [0.717, 1.165) is 11.4 Å². The molecule has 3 nitrogen and oxygen atoms in total. The first-order chi connectivity index (χ1) is 5.33. The van der Waals surface area contributed by atoms with Gasteiger partial charge in [0.1, 0.15) is 6.61 Å². The van der Waals surface area contributed by atoms with Gasteiger partial charge in [0.05, 0.1) is 5.69 Å². The van der Waals surface area contributed by atoms with Crippen molar-refractivity contribution in [3.8, 4) is 0 Å². The quantitative estimate of drug-likeness (QED) is 0.644. The van der Waals surface area contributed by atoms with Crippen LogP contribution in [-0.2, 0) is 16.1 Å². The molecule has 0 spiro atoms. The molecular weight excluding hydrogens is 142 g/mol. The highest BCUT2D eigenvalue weighted by Gasteiger charge is 1.93. The van der Waals surface area contributed by atoms with Crippen LogP contribution in [0.4, 0.5) is 0 Å². The molecule has 0 atom stereocenters. The summed E-state index contributed by atoms with van der Waals surface area (Å²) in [6, 6.07) is 5.55. The molecule has 0 unspecified atom stereocenters. The Balaban J connectivity index is 2.63. The molecule has 1 radical (unpaired) electrons. The SMILES string of the molecule is Cc1cccc(CO[C]=O)n1. The number of nitrogens with zero attached hydrogens (tertiary/aromatic N) is 1. The lowest BCUT2D eigenvalue weighted by atomic mass is 10.3. The molecule has 0 fully saturated rings. The van der Waals surface area contributed by atoms with E-state index in [-0.39, 0.29) is 6.61 Å². The van der Waals surface area contributed by atoms with Crippen molar-refractivity contribution in [1.29, 1.82) is 0 Å². The van der Waals surface area contributed by atoms with E-state index < -0.39 is 0 Å². The second-order valence-electron chi connectivity index (χ2n) is 2.14. The van der Waals surface area contributed by atoms with E-state index >= 15 is 0 Å². The standard InChI is InChI=1S/C8H8NO2/c1-7-3-2-4-8(9-7)5-11-6-10/h2-4H,5H2,1H3. The van der Waals surface area contributed by atoms with Crippen LogP contribution in [0.5, 0.6) is 0 Å². The highest BCUT2D eigenvalue weighted by molar-refractivity contribution is 5.38. The second-order valence-corrected chi connectivity index (χ2v) is 2.14. The summed E-state index contributed by atoms with van der Waals surface area (Å²) in [5.74, 6) is 0. The van der Waals surface area contributed by atoms with Gasteiger partial charge in [-0.05, 0) is 19.1 Å². The molecule has 11 heavy (non-hydrogen) atoms. The van der Waals surface area contributed by atoms with Crippen LogP contribution in [0.25, 0.3) is 0 Å². The fraction of sp³-hybridized carbons (Fsp3) is 0.250. The van der Waals surface area contributed by atoms with Gasteiger partial charge in [0, 0.05) is 5.69 Å². The van der Waals surface area contributed by atoms with Gasteiger partial charge in [-0.2, -0.15) is 0 Å². The first-order valence-electron chi connectivity index (χ1n) is 3.24. The first-order valence-corrected chi connectivity index (χ1v) is 3.24. The van der Waals surface area contributed by atoms with E-state index in [1.165, 1.54) is 6.47 Å². The predicted molar refractivity (Wildman–Crippen MR) is 39.5 cm³/mol. The van der Waals surface area contributed by atoms with Crippen LogP contribution >= 0.6 is 0 Å². The van der Waals surface area contributed by atoms with Gasteiger partial charge in [0.25, 0.3) is 0 Å². The number of rotatable bonds is 3. The van der Waals surface area contributed by atoms with Crippen molar-refractivity contribution in [2.45, 2.75) is 13.5 Å². The largest absolute Gasteiger partial charge is 0.451 e. The van der Waals surface area contributed by atoms with Gasteiger partial charge >= 0.3 is 6.47 Å². The van der Waals surface area contributed by atoms with E-state index in [1.807, 2.05) is 19.1 Å². The minimum absolute atomic E-state index is 0.200. The molecule has 0 aliphatic carbocycles. The Hall–Kier alpha value is -1.38. The molecule has 0 amide bonds. The maximum Gasteiger partial charge on any atom is 0.417 e. The fourth-order valence-electron chi connectivity index (χ4n) is 0.783. The van der Waals surface area contributed by atoms with Crippen LogP contribution in [0.1, 0.15) is 11.4 Å². The molecule has 1 aromatic heterocycles. The van der Waals surface area contributed by atoms with Gasteiger partial charge in [-0.25, -0.2) is 4.79 Å². The van der Waals surface area contributed by atoms with Crippen molar-refractivity contribution < 1.29 is 9.53 Å². The Bertz CT molecular complexity index is 248. The summed E-state index contributed by atoms with van der Waals surface area (Å²) < 4.78 is 4.41. The van der Waals surface area contributed by atoms with E-state index in [9.17, 15) is 4.79 Å². The lowest BCUT2D eigenvalue weighted by molar-refractivity contribution is 0.263. The van der Waals surface area contributed by atoms with E-state index in [4.69, 9.17) is 0 Å². The summed E-state index contributed by atoms with van der Waals surface area (Å²) in [5.41, 5.74) is 1.66. The van der Waals surface area contributed by atoms with Crippen molar-refractivity contribution in [3.05, 3.63) is 29.6 Å². The average molecular weight is 150 g/mol. The van der Waals surface area contributed by atoms with Gasteiger partial charge in [0.15, 0.2) is 0 Å². The molecule has 0 saturated heterocycles. The lowest BCUT2D eigenvalue weighted by Crippen LogP contribution is -1.94. The van der Waals surface area contributed by atoms with Crippen molar-refractivity contribution >= 4 is 6.47 Å². The molecule has 1 heterocycles. The van der Waals surface area contributed by atoms with Crippen molar-refractivity contribution in [2.24, 2.45) is 0 Å². The molecule has 0 aliphatic rings. The monoisotopic (exact) mass is 150 g/mol. The number of pyridine rings is 1. The number of carbonyl (C=O) groups excluding carboxylic acids is 1. The number of hydrogen-bond acceptors (Lipinski definition) is 3. The van der Waals surface area contributed by atoms with E-state index in [2.05, 4.69) is 9.72 Å². The number of ether oxygens (including phenoxy) is 1. The Morgan fingerprint density at radius 3 is 3.09 bits per heavy atom. The lowest BCUT2D eigenvalue weighted by Gasteiger charge is -1.97. The third-order valence-electron chi connectivity index (χ3n) is 1.22. The van der Waals surface area contributed by atoms with Gasteiger partial charge in [-0.15, -0.1) is 0 Å². The summed E-state index contributed by atoms with van der Waals surface area (Å²) in [7, 11) is 0. The van der Waals surface area contributed by atoms with Crippen LogP contribution in [0, 0.1) is 6.92 Å². The third kappa shape index (κ3) is 2.37. The van der Waals surface area contributed by atoms with Crippen LogP contribution in [-0.4, -0.2) is 11.5 Å². The minimum Gasteiger partial charge on any atom is -0.451 e. The highest BCUT2D eigenvalue weighted by atomic mass is 16.5. The molecule has 0 saturated carbocycles. The first kappa shape index (κ1) is 7.72. The zero-order valence-electron chi connectivity index (χ0n) is 6.20. The topological polar surface area (TPSA) is 39.2 Å². The van der Waals surface area contributed by atoms with Crippen LogP contribution in [0.15, 0.2) is 18.2 Å². The molecule has 0 aliphatic heterocycles. The maximum atomic E-state index is 9.69. The molecule has 1 rings (SSSR count). The Labute approximate surface area is 65.0 Å². The van der Waals surface area contributed by atoms with E-state index in [1.54, 1.807) is 6.07 Å². The molecule has 0 bridgehead atoms. The van der Waals surface area contributed by atoms with E-state index in [0.29, 0.717) is 0 Å². The average Bonchev–Trinajstić information content (AvgIpc) is 2.01. The Morgan fingerprint density at radius 2 is 2.45 bits per heavy atom. The Morgan fingerprint density at radius 1 is 1.64 bits per heavy atom. The number of aromatic nitrogens is 1. The van der Waals surface area contributed by atoms with Crippen LogP contribution in [0.3, 0.4) is 0 Å². The number of aryl methyl sites for hydroxylation is 1. The van der Waals surface area contributed by atoms with Gasteiger partial charge in [-0.1, -0.05) is 6.07 Å². The normalized spacial score (nSPS) is 9.18. The summed E-state index contributed by atoms with van der Waals surface area (Å²) >= 11 is 0. The number of hydrogen-bond donors (Lipinski definition) is 0. The molecule has 0 aromatic carbocycles. The van der Waals surface area contributed by atoms with Crippen molar-refractivity contribution in [1.82, 2.24) is 4.98 Å². The van der Waals surface area contributed by atoms with Gasteiger partial charge < -0.3 is 4.74 Å². The molecule has 1 aromatic rings. The summed E-state index contributed by atoms with van der Waals surface area (Å²) in [5, 5.41) is 0. The summed E-state index contributed by atoms with van der Waals surface area (Å²) in [6.07, 6.45) is 0. The summed E-state index contributed by atoms with van der Waals surface area (Å²) in [4.78, 5) is 13.8. The van der Waals surface area contributed by atoms with Gasteiger partial charge in [-0.3, -0.25) is 4.98 Å². The zero-order valence-corrected chi connectivity index (χ0v) is 6.20. The maximum absolute atomic E-state index is 9.69. The van der Waals surface area contributed by atoms with Crippen LogP contribution < -0.4 is 0 Å².